The molecular weight excluding hydrogens is 190 g/mol. The van der Waals surface area contributed by atoms with Gasteiger partial charge in [-0.2, -0.15) is 5.10 Å². The van der Waals surface area contributed by atoms with Gasteiger partial charge in [0, 0.05) is 30.5 Å². The molecule has 0 amide bonds. The van der Waals surface area contributed by atoms with Gasteiger partial charge in [0.25, 0.3) is 0 Å². The van der Waals surface area contributed by atoms with Crippen LogP contribution >= 0.6 is 0 Å². The van der Waals surface area contributed by atoms with E-state index in [1.807, 2.05) is 23.9 Å². The minimum Gasteiger partial charge on any atom is -0.394 e. The molecule has 4 nitrogen and oxygen atoms in total. The standard InChI is InChI=1S/C11H21N3O/c1-10(2)13-11(3,9-15)5-8-14-7-4-6-12-14/h4,6-7,10,13,15H,5,8-9H2,1-3H3. The Labute approximate surface area is 91.3 Å². The number of rotatable bonds is 6. The summed E-state index contributed by atoms with van der Waals surface area (Å²) in [6.45, 7) is 7.18. The number of aliphatic hydroxyl groups excluding tert-OH is 1. The highest BCUT2D eigenvalue weighted by atomic mass is 16.3. The van der Waals surface area contributed by atoms with Gasteiger partial charge in [-0.3, -0.25) is 4.68 Å². The molecule has 1 unspecified atom stereocenters. The Morgan fingerprint density at radius 3 is 2.73 bits per heavy atom. The average molecular weight is 211 g/mol. The van der Waals surface area contributed by atoms with Crippen LogP contribution in [0.2, 0.25) is 0 Å². The van der Waals surface area contributed by atoms with Crippen LogP contribution in [-0.4, -0.2) is 33.1 Å². The highest BCUT2D eigenvalue weighted by molar-refractivity contribution is 4.85. The van der Waals surface area contributed by atoms with Crippen molar-refractivity contribution in [3.05, 3.63) is 18.5 Å². The molecule has 0 aliphatic heterocycles. The zero-order chi connectivity index (χ0) is 11.3. The highest BCUT2D eigenvalue weighted by Crippen LogP contribution is 2.11. The Morgan fingerprint density at radius 1 is 1.53 bits per heavy atom. The molecule has 0 saturated heterocycles. The second-order valence-electron chi connectivity index (χ2n) is 4.54. The van der Waals surface area contributed by atoms with Crippen molar-refractivity contribution in [2.75, 3.05) is 6.61 Å². The molecule has 1 heterocycles. The molecule has 1 atom stereocenters. The molecule has 0 fully saturated rings. The largest absolute Gasteiger partial charge is 0.394 e. The van der Waals surface area contributed by atoms with Gasteiger partial charge in [-0.15, -0.1) is 0 Å². The molecule has 0 bridgehead atoms. The van der Waals surface area contributed by atoms with E-state index in [9.17, 15) is 5.11 Å². The number of nitrogens with zero attached hydrogens (tertiary/aromatic N) is 2. The van der Waals surface area contributed by atoms with Gasteiger partial charge in [0.1, 0.15) is 0 Å². The van der Waals surface area contributed by atoms with E-state index < -0.39 is 0 Å². The lowest BCUT2D eigenvalue weighted by Crippen LogP contribution is -2.49. The quantitative estimate of drug-likeness (QED) is 0.738. The van der Waals surface area contributed by atoms with Gasteiger partial charge in [-0.25, -0.2) is 0 Å². The summed E-state index contributed by atoms with van der Waals surface area (Å²) < 4.78 is 1.88. The van der Waals surface area contributed by atoms with Crippen molar-refractivity contribution in [3.63, 3.8) is 0 Å². The molecule has 1 aromatic heterocycles. The molecule has 0 aliphatic rings. The molecule has 1 aromatic rings. The summed E-state index contributed by atoms with van der Waals surface area (Å²) in [5.74, 6) is 0. The van der Waals surface area contributed by atoms with E-state index in [4.69, 9.17) is 0 Å². The smallest absolute Gasteiger partial charge is 0.0611 e. The van der Waals surface area contributed by atoms with Crippen LogP contribution in [0.15, 0.2) is 18.5 Å². The van der Waals surface area contributed by atoms with E-state index in [0.29, 0.717) is 6.04 Å². The number of aliphatic hydroxyl groups is 1. The minimum absolute atomic E-state index is 0.145. The Kier molecular flexibility index (Phi) is 4.29. The summed E-state index contributed by atoms with van der Waals surface area (Å²) in [6.07, 6.45) is 4.57. The van der Waals surface area contributed by atoms with Crippen molar-refractivity contribution in [1.29, 1.82) is 0 Å². The number of aryl methyl sites for hydroxylation is 1. The summed E-state index contributed by atoms with van der Waals surface area (Å²) in [6, 6.07) is 2.28. The Balaban J connectivity index is 2.45. The van der Waals surface area contributed by atoms with Crippen molar-refractivity contribution in [2.24, 2.45) is 0 Å². The predicted octanol–water partition coefficient (Wildman–Crippen LogP) is 1.02. The lowest BCUT2D eigenvalue weighted by molar-refractivity contribution is 0.151. The van der Waals surface area contributed by atoms with Gasteiger partial charge >= 0.3 is 0 Å². The summed E-state index contributed by atoms with van der Waals surface area (Å²) in [4.78, 5) is 0. The van der Waals surface area contributed by atoms with E-state index in [1.54, 1.807) is 6.20 Å². The second-order valence-corrected chi connectivity index (χ2v) is 4.54. The average Bonchev–Trinajstić information content (AvgIpc) is 2.66. The third-order valence-corrected chi connectivity index (χ3v) is 2.44. The highest BCUT2D eigenvalue weighted by Gasteiger charge is 2.23. The number of hydrogen-bond acceptors (Lipinski definition) is 3. The maximum atomic E-state index is 9.37. The van der Waals surface area contributed by atoms with Crippen LogP contribution in [0.4, 0.5) is 0 Å². The lowest BCUT2D eigenvalue weighted by atomic mass is 9.98. The van der Waals surface area contributed by atoms with Gasteiger partial charge in [0.05, 0.1) is 6.61 Å². The fourth-order valence-electron chi connectivity index (χ4n) is 1.69. The van der Waals surface area contributed by atoms with Crippen molar-refractivity contribution >= 4 is 0 Å². The fourth-order valence-corrected chi connectivity index (χ4v) is 1.69. The van der Waals surface area contributed by atoms with Crippen LogP contribution in [0, 0.1) is 0 Å². The normalized spacial score (nSPS) is 15.5. The monoisotopic (exact) mass is 211 g/mol. The van der Waals surface area contributed by atoms with Crippen molar-refractivity contribution in [3.8, 4) is 0 Å². The summed E-state index contributed by atoms with van der Waals surface area (Å²) >= 11 is 0. The van der Waals surface area contributed by atoms with Crippen LogP contribution in [-0.2, 0) is 6.54 Å². The predicted molar refractivity (Wildman–Crippen MR) is 60.6 cm³/mol. The van der Waals surface area contributed by atoms with Crippen molar-refractivity contribution < 1.29 is 5.11 Å². The fraction of sp³-hybridized carbons (Fsp3) is 0.727. The van der Waals surface area contributed by atoms with Crippen LogP contribution in [0.25, 0.3) is 0 Å². The van der Waals surface area contributed by atoms with E-state index in [1.165, 1.54) is 0 Å². The van der Waals surface area contributed by atoms with Gasteiger partial charge in [0.2, 0.25) is 0 Å². The maximum absolute atomic E-state index is 9.37. The molecular formula is C11H21N3O. The van der Waals surface area contributed by atoms with Crippen molar-refractivity contribution in [1.82, 2.24) is 15.1 Å². The van der Waals surface area contributed by atoms with Gasteiger partial charge in [0.15, 0.2) is 0 Å². The zero-order valence-electron chi connectivity index (χ0n) is 9.77. The third kappa shape index (κ3) is 4.01. The first kappa shape index (κ1) is 12.2. The molecule has 0 radical (unpaired) electrons. The number of nitrogens with one attached hydrogen (secondary N) is 1. The topological polar surface area (TPSA) is 50.1 Å². The molecule has 15 heavy (non-hydrogen) atoms. The lowest BCUT2D eigenvalue weighted by Gasteiger charge is -2.31. The Hall–Kier alpha value is -0.870. The number of aromatic nitrogens is 2. The second kappa shape index (κ2) is 5.28. The Bertz CT molecular complexity index is 271. The van der Waals surface area contributed by atoms with E-state index in [-0.39, 0.29) is 12.1 Å². The van der Waals surface area contributed by atoms with Gasteiger partial charge in [-0.05, 0) is 19.4 Å². The van der Waals surface area contributed by atoms with Gasteiger partial charge < -0.3 is 10.4 Å². The molecule has 0 aromatic carbocycles. The molecule has 0 saturated carbocycles. The molecule has 1 rings (SSSR count). The SMILES string of the molecule is CC(C)NC(C)(CO)CCn1cccn1. The summed E-state index contributed by atoms with van der Waals surface area (Å²) in [5, 5.41) is 16.9. The molecule has 0 spiro atoms. The molecule has 0 aliphatic carbocycles. The first-order chi connectivity index (χ1) is 7.06. The van der Waals surface area contributed by atoms with Crippen LogP contribution in [0.5, 0.6) is 0 Å². The zero-order valence-corrected chi connectivity index (χ0v) is 9.77. The first-order valence-corrected chi connectivity index (χ1v) is 5.42. The summed E-state index contributed by atoms with van der Waals surface area (Å²) in [7, 11) is 0. The van der Waals surface area contributed by atoms with Crippen LogP contribution in [0.1, 0.15) is 27.2 Å². The van der Waals surface area contributed by atoms with Gasteiger partial charge in [-0.1, -0.05) is 13.8 Å². The van der Waals surface area contributed by atoms with E-state index in [2.05, 4.69) is 24.3 Å². The van der Waals surface area contributed by atoms with Crippen LogP contribution < -0.4 is 5.32 Å². The minimum atomic E-state index is -0.222. The first-order valence-electron chi connectivity index (χ1n) is 5.42. The van der Waals surface area contributed by atoms with E-state index >= 15 is 0 Å². The molecule has 2 N–H and O–H groups in total. The Morgan fingerprint density at radius 2 is 2.27 bits per heavy atom. The third-order valence-electron chi connectivity index (χ3n) is 2.44. The maximum Gasteiger partial charge on any atom is 0.0611 e. The van der Waals surface area contributed by atoms with E-state index in [0.717, 1.165) is 13.0 Å². The van der Waals surface area contributed by atoms with Crippen LogP contribution in [0.3, 0.4) is 0 Å². The molecule has 86 valence electrons. The van der Waals surface area contributed by atoms with Crippen molar-refractivity contribution in [2.45, 2.75) is 45.3 Å². The molecule has 4 heteroatoms. The number of hydrogen-bond donors (Lipinski definition) is 2. The summed E-state index contributed by atoms with van der Waals surface area (Å²) in [5.41, 5.74) is -0.222.